The van der Waals surface area contributed by atoms with Crippen LogP contribution in [0.15, 0.2) is 107 Å². The summed E-state index contributed by atoms with van der Waals surface area (Å²) in [6.45, 7) is 6.23. The maximum Gasteiger partial charge on any atom is 0.179 e. The van der Waals surface area contributed by atoms with Crippen LogP contribution in [0.1, 0.15) is 34.0 Å². The largest absolute Gasteiger partial charge is 0.497 e. The molecule has 0 bridgehead atoms. The number of ether oxygens (including phenoxy) is 1. The number of rotatable bonds is 4. The molecule has 0 spiro atoms. The number of amidine groups is 2. The monoisotopic (exact) mass is 538 g/mol. The minimum absolute atomic E-state index is 0.210. The summed E-state index contributed by atoms with van der Waals surface area (Å²) in [7, 11) is 1.70. The third-order valence-corrected chi connectivity index (χ3v) is 7.64. The summed E-state index contributed by atoms with van der Waals surface area (Å²) in [6, 6.07) is 32.9. The van der Waals surface area contributed by atoms with E-state index in [9.17, 15) is 0 Å². The van der Waals surface area contributed by atoms with Gasteiger partial charge in [-0.25, -0.2) is 14.7 Å². The van der Waals surface area contributed by atoms with Gasteiger partial charge in [0.25, 0.3) is 0 Å². The van der Waals surface area contributed by atoms with Gasteiger partial charge in [-0.15, -0.1) is 0 Å². The zero-order valence-electron chi connectivity index (χ0n) is 23.5. The Morgan fingerprint density at radius 3 is 2.27 bits per heavy atom. The van der Waals surface area contributed by atoms with Crippen molar-refractivity contribution in [2.75, 3.05) is 17.3 Å². The molecule has 0 amide bonds. The number of aryl methyl sites for hydroxylation is 3. The standard InChI is InChI=1S/C34H30N6O/c1-21-12-16-25(17-13-21)35-32-34-37-33-30(23(3)38-40(33)26-18-14-22(2)15-19-26)31(24-8-7-9-27(20-24)41-4)39(34)29-11-6-5-10-28(29)36-32/h5-20,31H,1-4H3,(H,35,36). The smallest absolute Gasteiger partial charge is 0.179 e. The highest BCUT2D eigenvalue weighted by Gasteiger charge is 2.41. The number of para-hydroxylation sites is 2. The molecule has 1 atom stereocenters. The Hall–Kier alpha value is -5.17. The summed E-state index contributed by atoms with van der Waals surface area (Å²) in [5.74, 6) is 3.01. The van der Waals surface area contributed by atoms with E-state index in [1.807, 2.05) is 35.0 Å². The van der Waals surface area contributed by atoms with Crippen LogP contribution in [0.2, 0.25) is 0 Å². The number of aliphatic imine (C=N–C) groups is 2. The second-order valence-electron chi connectivity index (χ2n) is 10.5. The quantitative estimate of drug-likeness (QED) is 0.256. The molecule has 0 saturated heterocycles. The minimum Gasteiger partial charge on any atom is -0.497 e. The molecular weight excluding hydrogens is 508 g/mol. The molecule has 7 heteroatoms. The van der Waals surface area contributed by atoms with Gasteiger partial charge in [-0.05, 0) is 74.9 Å². The molecule has 7 nitrogen and oxygen atoms in total. The minimum atomic E-state index is -0.210. The van der Waals surface area contributed by atoms with Crippen LogP contribution in [-0.4, -0.2) is 28.6 Å². The molecule has 0 fully saturated rings. The lowest BCUT2D eigenvalue weighted by molar-refractivity contribution is 0.414. The second-order valence-corrected chi connectivity index (χ2v) is 10.5. The number of nitrogens with one attached hydrogen (secondary N) is 1. The fourth-order valence-corrected chi connectivity index (χ4v) is 5.56. The first-order valence-electron chi connectivity index (χ1n) is 13.7. The molecule has 4 aromatic carbocycles. The average Bonchev–Trinajstić information content (AvgIpc) is 3.33. The number of benzene rings is 4. The van der Waals surface area contributed by atoms with Gasteiger partial charge in [0.1, 0.15) is 5.75 Å². The number of nitrogens with zero attached hydrogens (tertiary/aromatic N) is 5. The third kappa shape index (κ3) is 4.26. The maximum absolute atomic E-state index is 5.66. The highest BCUT2D eigenvalue weighted by molar-refractivity contribution is 6.51. The van der Waals surface area contributed by atoms with Crippen molar-refractivity contribution in [1.82, 2.24) is 9.78 Å². The highest BCUT2D eigenvalue weighted by atomic mass is 16.5. The predicted molar refractivity (Wildman–Crippen MR) is 166 cm³/mol. The average molecular weight is 539 g/mol. The van der Waals surface area contributed by atoms with Gasteiger partial charge >= 0.3 is 0 Å². The number of fused-ring (bicyclic) bond motifs is 4. The first kappa shape index (κ1) is 24.8. The highest BCUT2D eigenvalue weighted by Crippen LogP contribution is 2.48. The van der Waals surface area contributed by atoms with E-state index in [4.69, 9.17) is 19.8 Å². The molecule has 1 aromatic heterocycles. The van der Waals surface area contributed by atoms with E-state index in [0.29, 0.717) is 5.84 Å². The Morgan fingerprint density at radius 2 is 1.51 bits per heavy atom. The molecule has 2 aliphatic rings. The lowest BCUT2D eigenvalue weighted by atomic mass is 9.93. The van der Waals surface area contributed by atoms with Crippen LogP contribution in [0.25, 0.3) is 5.69 Å². The van der Waals surface area contributed by atoms with Crippen LogP contribution in [0.5, 0.6) is 5.75 Å². The molecule has 1 unspecified atom stereocenters. The topological polar surface area (TPSA) is 67.0 Å². The molecule has 0 saturated carbocycles. The van der Waals surface area contributed by atoms with Crippen molar-refractivity contribution in [1.29, 1.82) is 0 Å². The van der Waals surface area contributed by atoms with Crippen LogP contribution < -0.4 is 15.0 Å². The summed E-state index contributed by atoms with van der Waals surface area (Å²) < 4.78 is 7.61. The van der Waals surface area contributed by atoms with Crippen molar-refractivity contribution in [3.05, 3.63) is 125 Å². The summed E-state index contributed by atoms with van der Waals surface area (Å²) >= 11 is 0. The lowest BCUT2D eigenvalue weighted by Crippen LogP contribution is -2.46. The molecular formula is C34H30N6O. The fraction of sp³-hybridized carbons (Fsp3) is 0.147. The number of hydrogen-bond acceptors (Lipinski definition) is 6. The van der Waals surface area contributed by atoms with Gasteiger partial charge < -0.3 is 15.0 Å². The fourth-order valence-electron chi connectivity index (χ4n) is 5.56. The van der Waals surface area contributed by atoms with E-state index in [1.54, 1.807) is 7.11 Å². The molecule has 0 radical (unpaired) electrons. The van der Waals surface area contributed by atoms with Gasteiger partial charge in [-0.3, -0.25) is 0 Å². The van der Waals surface area contributed by atoms with Gasteiger partial charge in [-0.2, -0.15) is 5.10 Å². The van der Waals surface area contributed by atoms with Crippen molar-refractivity contribution in [2.45, 2.75) is 26.8 Å². The first-order valence-corrected chi connectivity index (χ1v) is 13.7. The van der Waals surface area contributed by atoms with E-state index >= 15 is 0 Å². The molecule has 41 heavy (non-hydrogen) atoms. The van der Waals surface area contributed by atoms with Gasteiger partial charge in [0, 0.05) is 11.3 Å². The molecule has 0 aliphatic carbocycles. The lowest BCUT2D eigenvalue weighted by Gasteiger charge is -2.40. The van der Waals surface area contributed by atoms with E-state index in [1.165, 1.54) is 11.1 Å². The zero-order valence-corrected chi connectivity index (χ0v) is 23.5. The van der Waals surface area contributed by atoms with Crippen LogP contribution in [0.4, 0.5) is 22.9 Å². The predicted octanol–water partition coefficient (Wildman–Crippen LogP) is 7.60. The molecule has 3 heterocycles. The Kier molecular flexibility index (Phi) is 5.93. The van der Waals surface area contributed by atoms with Gasteiger partial charge in [0.2, 0.25) is 0 Å². The third-order valence-electron chi connectivity index (χ3n) is 7.64. The summed E-state index contributed by atoms with van der Waals surface area (Å²) in [5, 5.41) is 8.60. The Bertz CT molecular complexity index is 1830. The Morgan fingerprint density at radius 1 is 0.780 bits per heavy atom. The number of aromatic nitrogens is 2. The molecule has 2 aliphatic heterocycles. The van der Waals surface area contributed by atoms with Crippen molar-refractivity contribution < 1.29 is 4.74 Å². The Labute approximate surface area is 239 Å². The van der Waals surface area contributed by atoms with Crippen molar-refractivity contribution in [3.8, 4) is 11.4 Å². The first-order chi connectivity index (χ1) is 20.0. The van der Waals surface area contributed by atoms with Crippen LogP contribution in [0.3, 0.4) is 0 Å². The van der Waals surface area contributed by atoms with Gasteiger partial charge in [0.05, 0.1) is 35.9 Å². The van der Waals surface area contributed by atoms with Crippen molar-refractivity contribution >= 4 is 34.6 Å². The van der Waals surface area contributed by atoms with Crippen molar-refractivity contribution in [2.24, 2.45) is 9.98 Å². The molecule has 202 valence electrons. The summed E-state index contributed by atoms with van der Waals surface area (Å²) in [5.41, 5.74) is 9.21. The maximum atomic E-state index is 5.66. The van der Waals surface area contributed by atoms with Crippen LogP contribution in [0, 0.1) is 20.8 Å². The van der Waals surface area contributed by atoms with Gasteiger partial charge in [0.15, 0.2) is 17.5 Å². The number of anilines is 2. The summed E-state index contributed by atoms with van der Waals surface area (Å²) in [4.78, 5) is 12.7. The molecule has 7 rings (SSSR count). The SMILES string of the molecule is COc1cccc(C2c3c(C)nn(-c4ccc(C)cc4)c3N=C3C(Nc4ccc(C)cc4)=Nc4ccccc4N32)c1. The summed E-state index contributed by atoms with van der Waals surface area (Å²) in [6.07, 6.45) is 0. The van der Waals surface area contributed by atoms with E-state index < -0.39 is 0 Å². The van der Waals surface area contributed by atoms with Crippen molar-refractivity contribution in [3.63, 3.8) is 0 Å². The molecule has 1 N–H and O–H groups in total. The Balaban J connectivity index is 1.49. The second kappa shape index (κ2) is 9.78. The van der Waals surface area contributed by atoms with Crippen LogP contribution >= 0.6 is 0 Å². The van der Waals surface area contributed by atoms with Gasteiger partial charge in [-0.1, -0.05) is 59.7 Å². The van der Waals surface area contributed by atoms with E-state index in [2.05, 4.69) is 97.7 Å². The zero-order chi connectivity index (χ0) is 28.1. The number of hydrogen-bond donors (Lipinski definition) is 1. The normalized spacial score (nSPS) is 15.3. The number of methoxy groups -OCH3 is 1. The van der Waals surface area contributed by atoms with Crippen LogP contribution in [-0.2, 0) is 0 Å². The van der Waals surface area contributed by atoms with E-state index in [-0.39, 0.29) is 6.04 Å². The van der Waals surface area contributed by atoms with E-state index in [0.717, 1.165) is 57.0 Å². The molecule has 5 aromatic rings.